The molecule has 0 saturated heterocycles. The van der Waals surface area contributed by atoms with Gasteiger partial charge in [0.25, 0.3) is 5.91 Å². The molecule has 0 spiro atoms. The second-order valence-electron chi connectivity index (χ2n) is 5.91. The Morgan fingerprint density at radius 1 is 1.41 bits per heavy atom. The molecular formula is C17H21N3O2. The van der Waals surface area contributed by atoms with Crippen LogP contribution in [0.1, 0.15) is 28.8 Å². The average molecular weight is 299 g/mol. The van der Waals surface area contributed by atoms with E-state index in [9.17, 15) is 9.90 Å². The van der Waals surface area contributed by atoms with Crippen LogP contribution in [-0.2, 0) is 13.6 Å². The Kier molecular flexibility index (Phi) is 4.24. The van der Waals surface area contributed by atoms with E-state index in [4.69, 9.17) is 0 Å². The maximum atomic E-state index is 12.9. The molecule has 1 saturated carbocycles. The third kappa shape index (κ3) is 3.20. The minimum atomic E-state index is -0.118. The zero-order chi connectivity index (χ0) is 15.5. The van der Waals surface area contributed by atoms with E-state index >= 15 is 0 Å². The van der Waals surface area contributed by atoms with E-state index in [0.717, 1.165) is 18.4 Å². The van der Waals surface area contributed by atoms with Crippen molar-refractivity contribution in [2.75, 3.05) is 6.61 Å². The molecule has 1 atom stereocenters. The van der Waals surface area contributed by atoms with Crippen molar-refractivity contribution < 1.29 is 9.90 Å². The molecule has 1 aromatic heterocycles. The van der Waals surface area contributed by atoms with Crippen molar-refractivity contribution in [2.45, 2.75) is 25.4 Å². The molecule has 1 heterocycles. The monoisotopic (exact) mass is 299 g/mol. The van der Waals surface area contributed by atoms with Crippen LogP contribution in [0.15, 0.2) is 42.7 Å². The summed E-state index contributed by atoms with van der Waals surface area (Å²) in [5.74, 6) is 0.345. The molecule has 5 heteroatoms. The molecular weight excluding hydrogens is 278 g/mol. The van der Waals surface area contributed by atoms with Gasteiger partial charge < -0.3 is 10.0 Å². The van der Waals surface area contributed by atoms with Gasteiger partial charge >= 0.3 is 0 Å². The van der Waals surface area contributed by atoms with Gasteiger partial charge in [-0.3, -0.25) is 9.48 Å². The van der Waals surface area contributed by atoms with Crippen LogP contribution in [0.3, 0.4) is 0 Å². The number of hydrogen-bond donors (Lipinski definition) is 1. The van der Waals surface area contributed by atoms with E-state index < -0.39 is 0 Å². The highest BCUT2D eigenvalue weighted by Crippen LogP contribution is 2.36. The molecule has 0 radical (unpaired) electrons. The maximum absolute atomic E-state index is 12.9. The quantitative estimate of drug-likeness (QED) is 0.885. The van der Waals surface area contributed by atoms with Gasteiger partial charge in [0.1, 0.15) is 0 Å². The van der Waals surface area contributed by atoms with Gasteiger partial charge in [-0.1, -0.05) is 30.3 Å². The number of aromatic nitrogens is 2. The van der Waals surface area contributed by atoms with Crippen molar-refractivity contribution in [2.24, 2.45) is 13.0 Å². The SMILES string of the molecule is Cn1cc(C(=O)N(Cc2ccccc2)[C@H](CO)C2CC2)cn1. The Bertz CT molecular complexity index is 634. The normalized spacial score (nSPS) is 15.5. The Labute approximate surface area is 130 Å². The number of aliphatic hydroxyl groups excluding tert-OH is 1. The number of aryl methyl sites for hydroxylation is 1. The molecule has 22 heavy (non-hydrogen) atoms. The second-order valence-corrected chi connectivity index (χ2v) is 5.91. The lowest BCUT2D eigenvalue weighted by Gasteiger charge is -2.30. The first-order valence-electron chi connectivity index (χ1n) is 7.63. The molecule has 0 aliphatic heterocycles. The van der Waals surface area contributed by atoms with Crippen LogP contribution in [0.25, 0.3) is 0 Å². The molecule has 1 aliphatic rings. The van der Waals surface area contributed by atoms with E-state index in [0.29, 0.717) is 18.0 Å². The van der Waals surface area contributed by atoms with Crippen LogP contribution in [0.5, 0.6) is 0 Å². The smallest absolute Gasteiger partial charge is 0.257 e. The zero-order valence-corrected chi connectivity index (χ0v) is 12.7. The van der Waals surface area contributed by atoms with Gasteiger partial charge in [0, 0.05) is 19.8 Å². The predicted molar refractivity (Wildman–Crippen MR) is 83.1 cm³/mol. The van der Waals surface area contributed by atoms with E-state index in [1.54, 1.807) is 29.0 Å². The molecule has 0 unspecified atom stereocenters. The first kappa shape index (κ1) is 14.8. The number of amides is 1. The fourth-order valence-electron chi connectivity index (χ4n) is 2.80. The maximum Gasteiger partial charge on any atom is 0.257 e. The zero-order valence-electron chi connectivity index (χ0n) is 12.7. The summed E-state index contributed by atoms with van der Waals surface area (Å²) in [6.45, 7) is 0.514. The summed E-state index contributed by atoms with van der Waals surface area (Å²) in [5, 5.41) is 13.9. The van der Waals surface area contributed by atoms with Crippen LogP contribution in [0, 0.1) is 5.92 Å². The van der Waals surface area contributed by atoms with Gasteiger partial charge in [0.2, 0.25) is 0 Å². The standard InChI is InChI=1S/C17H21N3O2/c1-19-11-15(9-18-19)17(22)20(16(12-21)14-7-8-14)10-13-5-3-2-4-6-13/h2-6,9,11,14,16,21H,7-8,10,12H2,1H3/t16-/m1/s1. The van der Waals surface area contributed by atoms with E-state index in [1.807, 2.05) is 30.3 Å². The number of carbonyl (C=O) groups excluding carboxylic acids is 1. The summed E-state index contributed by atoms with van der Waals surface area (Å²) in [6, 6.07) is 9.78. The van der Waals surface area contributed by atoms with E-state index in [-0.39, 0.29) is 18.6 Å². The largest absolute Gasteiger partial charge is 0.394 e. The van der Waals surface area contributed by atoms with Crippen LogP contribution in [0.2, 0.25) is 0 Å². The van der Waals surface area contributed by atoms with Gasteiger partial charge in [-0.05, 0) is 24.3 Å². The van der Waals surface area contributed by atoms with Gasteiger partial charge in [-0.15, -0.1) is 0 Å². The van der Waals surface area contributed by atoms with Crippen molar-refractivity contribution in [3.05, 3.63) is 53.9 Å². The fraction of sp³-hybridized carbons (Fsp3) is 0.412. The van der Waals surface area contributed by atoms with E-state index in [2.05, 4.69) is 5.10 Å². The number of hydrogen-bond acceptors (Lipinski definition) is 3. The van der Waals surface area contributed by atoms with Crippen LogP contribution >= 0.6 is 0 Å². The predicted octanol–water partition coefficient (Wildman–Crippen LogP) is 1.83. The summed E-state index contributed by atoms with van der Waals surface area (Å²) in [5.41, 5.74) is 1.64. The highest BCUT2D eigenvalue weighted by atomic mass is 16.3. The third-order valence-electron chi connectivity index (χ3n) is 4.16. The van der Waals surface area contributed by atoms with Crippen LogP contribution < -0.4 is 0 Å². The summed E-state index contributed by atoms with van der Waals surface area (Å²) < 4.78 is 1.62. The number of nitrogens with zero attached hydrogens (tertiary/aromatic N) is 3. The number of rotatable bonds is 6. The lowest BCUT2D eigenvalue weighted by molar-refractivity contribution is 0.0531. The van der Waals surface area contributed by atoms with Crippen molar-refractivity contribution in [1.82, 2.24) is 14.7 Å². The molecule has 1 amide bonds. The first-order chi connectivity index (χ1) is 10.7. The minimum Gasteiger partial charge on any atom is -0.394 e. The molecule has 5 nitrogen and oxygen atoms in total. The fourth-order valence-corrected chi connectivity index (χ4v) is 2.80. The molecule has 1 fully saturated rings. The first-order valence-corrected chi connectivity index (χ1v) is 7.63. The lowest BCUT2D eigenvalue weighted by Crippen LogP contribution is -2.43. The summed E-state index contributed by atoms with van der Waals surface area (Å²) >= 11 is 0. The summed E-state index contributed by atoms with van der Waals surface area (Å²) in [6.07, 6.45) is 5.47. The molecule has 1 aliphatic carbocycles. The highest BCUT2D eigenvalue weighted by molar-refractivity contribution is 5.94. The Balaban J connectivity index is 1.86. The van der Waals surface area contributed by atoms with E-state index in [1.165, 1.54) is 0 Å². The molecule has 1 N–H and O–H groups in total. The molecule has 1 aromatic carbocycles. The number of benzene rings is 1. The third-order valence-corrected chi connectivity index (χ3v) is 4.16. The number of aliphatic hydroxyl groups is 1. The topological polar surface area (TPSA) is 58.4 Å². The van der Waals surface area contributed by atoms with Crippen molar-refractivity contribution in [3.63, 3.8) is 0 Å². The molecule has 0 bridgehead atoms. The van der Waals surface area contributed by atoms with Gasteiger partial charge in [-0.2, -0.15) is 5.10 Å². The lowest BCUT2D eigenvalue weighted by atomic mass is 10.1. The van der Waals surface area contributed by atoms with Crippen LogP contribution in [0.4, 0.5) is 0 Å². The van der Waals surface area contributed by atoms with Crippen molar-refractivity contribution in [1.29, 1.82) is 0 Å². The van der Waals surface area contributed by atoms with Crippen molar-refractivity contribution in [3.8, 4) is 0 Å². The Morgan fingerprint density at radius 2 is 2.14 bits per heavy atom. The average Bonchev–Trinajstić information content (AvgIpc) is 3.28. The number of carbonyl (C=O) groups is 1. The molecule has 116 valence electrons. The second kappa shape index (κ2) is 6.32. The highest BCUT2D eigenvalue weighted by Gasteiger charge is 2.37. The minimum absolute atomic E-state index is 0.00347. The molecule has 3 rings (SSSR count). The summed E-state index contributed by atoms with van der Waals surface area (Å²) in [4.78, 5) is 14.7. The van der Waals surface area contributed by atoms with Gasteiger partial charge in [0.15, 0.2) is 0 Å². The Hall–Kier alpha value is -2.14. The van der Waals surface area contributed by atoms with Crippen LogP contribution in [-0.4, -0.2) is 38.3 Å². The van der Waals surface area contributed by atoms with Crippen molar-refractivity contribution >= 4 is 5.91 Å². The summed E-state index contributed by atoms with van der Waals surface area (Å²) in [7, 11) is 1.79. The molecule has 2 aromatic rings. The van der Waals surface area contributed by atoms with Gasteiger partial charge in [0.05, 0.1) is 24.4 Å². The Morgan fingerprint density at radius 3 is 2.68 bits per heavy atom. The van der Waals surface area contributed by atoms with Gasteiger partial charge in [-0.25, -0.2) is 0 Å².